The molecule has 0 aliphatic carbocycles. The van der Waals surface area contributed by atoms with E-state index in [1.165, 1.54) is 5.56 Å². The molecule has 3 heteroatoms. The largest absolute Gasteiger partial charge is 0.320 e. The van der Waals surface area contributed by atoms with Gasteiger partial charge in [0.15, 0.2) is 0 Å². The number of imidazole rings is 1. The summed E-state index contributed by atoms with van der Waals surface area (Å²) in [7, 11) is 0. The van der Waals surface area contributed by atoms with Gasteiger partial charge in [0.2, 0.25) is 0 Å². The van der Waals surface area contributed by atoms with Crippen molar-refractivity contribution in [2.24, 2.45) is 0 Å². The number of hydrogen-bond donors (Lipinski definition) is 0. The molecule has 1 atom stereocenters. The fourth-order valence-corrected chi connectivity index (χ4v) is 1.73. The molecule has 2 nitrogen and oxygen atoms in total. The van der Waals surface area contributed by atoms with E-state index in [-0.39, 0.29) is 4.95 Å². The van der Waals surface area contributed by atoms with Crippen molar-refractivity contribution in [3.05, 3.63) is 54.6 Å². The first kappa shape index (κ1) is 8.51. The Kier molecular flexibility index (Phi) is 2.45. The molecule has 2 aromatic rings. The van der Waals surface area contributed by atoms with Crippen LogP contribution in [-0.4, -0.2) is 9.55 Å². The maximum absolute atomic E-state index is 4.00. The molecule has 0 amide bonds. The minimum Gasteiger partial charge on any atom is -0.320 e. The third kappa shape index (κ3) is 1.80. The Balaban J connectivity index is 2.29. The molecule has 0 saturated carbocycles. The van der Waals surface area contributed by atoms with Gasteiger partial charge in [0.25, 0.3) is 0 Å². The van der Waals surface area contributed by atoms with Gasteiger partial charge in [-0.3, -0.25) is 0 Å². The van der Waals surface area contributed by atoms with Crippen LogP contribution in [0.4, 0.5) is 0 Å². The van der Waals surface area contributed by atoms with E-state index in [4.69, 9.17) is 0 Å². The monoisotopic (exact) mass is 236 g/mol. The number of aromatic nitrogens is 2. The van der Waals surface area contributed by atoms with Gasteiger partial charge < -0.3 is 4.57 Å². The molecule has 1 heterocycles. The molecule has 1 aromatic carbocycles. The van der Waals surface area contributed by atoms with Crippen molar-refractivity contribution in [3.63, 3.8) is 0 Å². The van der Waals surface area contributed by atoms with Gasteiger partial charge in [0.05, 0.1) is 6.33 Å². The number of rotatable bonds is 2. The van der Waals surface area contributed by atoms with Gasteiger partial charge in [-0.25, -0.2) is 4.98 Å². The lowest BCUT2D eigenvalue weighted by Gasteiger charge is -2.10. The highest BCUT2D eigenvalue weighted by Gasteiger charge is 2.06. The quantitative estimate of drug-likeness (QED) is 0.734. The Labute approximate surface area is 85.4 Å². The standard InChI is InChI=1S/C10H9BrN2/c11-10(13-7-6-12-8-13)9-4-2-1-3-5-9/h1-8,10H. The first-order chi connectivity index (χ1) is 6.38. The summed E-state index contributed by atoms with van der Waals surface area (Å²) in [5.41, 5.74) is 1.22. The third-order valence-corrected chi connectivity index (χ3v) is 2.86. The summed E-state index contributed by atoms with van der Waals surface area (Å²) < 4.78 is 2.01. The molecule has 1 aromatic heterocycles. The number of halogens is 1. The Morgan fingerprint density at radius 3 is 2.62 bits per heavy atom. The molecule has 0 N–H and O–H groups in total. The lowest BCUT2D eigenvalue weighted by molar-refractivity contribution is 0.788. The van der Waals surface area contributed by atoms with Crippen molar-refractivity contribution in [2.45, 2.75) is 4.95 Å². The van der Waals surface area contributed by atoms with Crippen molar-refractivity contribution in [1.29, 1.82) is 0 Å². The molecular formula is C10H9BrN2. The molecule has 0 aliphatic heterocycles. The van der Waals surface area contributed by atoms with Crippen LogP contribution in [0.3, 0.4) is 0 Å². The average molecular weight is 237 g/mol. The van der Waals surface area contributed by atoms with Crippen molar-refractivity contribution in [2.75, 3.05) is 0 Å². The molecule has 0 aliphatic rings. The van der Waals surface area contributed by atoms with Crippen LogP contribution in [-0.2, 0) is 0 Å². The first-order valence-electron chi connectivity index (χ1n) is 4.04. The van der Waals surface area contributed by atoms with Crippen LogP contribution in [0.25, 0.3) is 0 Å². The maximum Gasteiger partial charge on any atom is 0.115 e. The summed E-state index contributed by atoms with van der Waals surface area (Å²) in [4.78, 5) is 4.18. The Morgan fingerprint density at radius 2 is 2.00 bits per heavy atom. The summed E-state index contributed by atoms with van der Waals surface area (Å²) in [6.07, 6.45) is 5.51. The summed E-state index contributed by atoms with van der Waals surface area (Å²) >= 11 is 3.60. The Bertz CT molecular complexity index is 356. The molecule has 0 fully saturated rings. The summed E-state index contributed by atoms with van der Waals surface area (Å²) in [5, 5.41) is 0. The normalized spacial score (nSPS) is 12.7. The highest BCUT2D eigenvalue weighted by atomic mass is 79.9. The van der Waals surface area contributed by atoms with Crippen LogP contribution in [0.5, 0.6) is 0 Å². The van der Waals surface area contributed by atoms with Gasteiger partial charge in [-0.2, -0.15) is 0 Å². The second-order valence-corrected chi connectivity index (χ2v) is 3.62. The predicted molar refractivity (Wildman–Crippen MR) is 55.7 cm³/mol. The van der Waals surface area contributed by atoms with E-state index in [1.807, 2.05) is 29.0 Å². The topological polar surface area (TPSA) is 17.8 Å². The van der Waals surface area contributed by atoms with Crippen LogP contribution in [0.2, 0.25) is 0 Å². The molecule has 0 spiro atoms. The molecular weight excluding hydrogens is 228 g/mol. The lowest BCUT2D eigenvalue weighted by atomic mass is 10.2. The lowest BCUT2D eigenvalue weighted by Crippen LogP contribution is -2.00. The van der Waals surface area contributed by atoms with E-state index < -0.39 is 0 Å². The third-order valence-electron chi connectivity index (χ3n) is 1.86. The predicted octanol–water partition coefficient (Wildman–Crippen LogP) is 2.82. The Morgan fingerprint density at radius 1 is 1.23 bits per heavy atom. The van der Waals surface area contributed by atoms with Gasteiger partial charge in [-0.1, -0.05) is 46.3 Å². The maximum atomic E-state index is 4.00. The second kappa shape index (κ2) is 3.75. The number of nitrogens with zero attached hydrogens (tertiary/aromatic N) is 2. The molecule has 0 saturated heterocycles. The zero-order chi connectivity index (χ0) is 9.10. The van der Waals surface area contributed by atoms with Crippen LogP contribution in [0.15, 0.2) is 49.1 Å². The minimum absolute atomic E-state index is 0.177. The second-order valence-electron chi connectivity index (χ2n) is 2.76. The first-order valence-corrected chi connectivity index (χ1v) is 4.96. The van der Waals surface area contributed by atoms with Crippen LogP contribution in [0.1, 0.15) is 10.5 Å². The van der Waals surface area contributed by atoms with Gasteiger partial charge in [-0.15, -0.1) is 0 Å². The van der Waals surface area contributed by atoms with Gasteiger partial charge in [0.1, 0.15) is 4.95 Å². The fraction of sp³-hybridized carbons (Fsp3) is 0.100. The minimum atomic E-state index is 0.177. The van der Waals surface area contributed by atoms with Crippen molar-refractivity contribution >= 4 is 15.9 Å². The summed E-state index contributed by atoms with van der Waals surface area (Å²) in [5.74, 6) is 0. The van der Waals surface area contributed by atoms with Crippen LogP contribution < -0.4 is 0 Å². The molecule has 0 bridgehead atoms. The highest BCUT2D eigenvalue weighted by molar-refractivity contribution is 9.09. The highest BCUT2D eigenvalue weighted by Crippen LogP contribution is 2.23. The van der Waals surface area contributed by atoms with Crippen molar-refractivity contribution in [3.8, 4) is 0 Å². The van der Waals surface area contributed by atoms with Gasteiger partial charge in [-0.05, 0) is 5.56 Å². The fourth-order valence-electron chi connectivity index (χ4n) is 1.19. The van der Waals surface area contributed by atoms with Crippen molar-refractivity contribution in [1.82, 2.24) is 9.55 Å². The van der Waals surface area contributed by atoms with E-state index in [9.17, 15) is 0 Å². The van der Waals surface area contributed by atoms with Gasteiger partial charge >= 0.3 is 0 Å². The van der Waals surface area contributed by atoms with E-state index in [2.05, 4.69) is 33.0 Å². The zero-order valence-corrected chi connectivity index (χ0v) is 8.55. The number of hydrogen-bond acceptors (Lipinski definition) is 1. The number of benzene rings is 1. The average Bonchev–Trinajstić information content (AvgIpc) is 2.71. The molecule has 0 radical (unpaired) electrons. The van der Waals surface area contributed by atoms with Crippen molar-refractivity contribution < 1.29 is 0 Å². The number of alkyl halides is 1. The van der Waals surface area contributed by atoms with E-state index in [0.717, 1.165) is 0 Å². The molecule has 2 rings (SSSR count). The van der Waals surface area contributed by atoms with E-state index in [1.54, 1.807) is 12.5 Å². The van der Waals surface area contributed by atoms with Crippen LogP contribution in [0, 0.1) is 0 Å². The molecule has 66 valence electrons. The zero-order valence-electron chi connectivity index (χ0n) is 6.97. The Hall–Kier alpha value is -1.09. The van der Waals surface area contributed by atoms with Gasteiger partial charge in [0, 0.05) is 12.4 Å². The summed E-state index contributed by atoms with van der Waals surface area (Å²) in [6.45, 7) is 0. The van der Waals surface area contributed by atoms with E-state index >= 15 is 0 Å². The smallest absolute Gasteiger partial charge is 0.115 e. The molecule has 1 unspecified atom stereocenters. The van der Waals surface area contributed by atoms with E-state index in [0.29, 0.717) is 0 Å². The SMILES string of the molecule is BrC(c1ccccc1)n1ccnc1. The van der Waals surface area contributed by atoms with Crippen LogP contribution >= 0.6 is 15.9 Å². The molecule has 13 heavy (non-hydrogen) atoms. The summed E-state index contributed by atoms with van der Waals surface area (Å²) in [6, 6.07) is 10.2.